The van der Waals surface area contributed by atoms with Crippen molar-refractivity contribution in [2.45, 2.75) is 18.9 Å². The van der Waals surface area contributed by atoms with Gasteiger partial charge in [0.2, 0.25) is 0 Å². The Morgan fingerprint density at radius 2 is 1.87 bits per heavy atom. The zero-order chi connectivity index (χ0) is 10.5. The number of nitrogens with zero attached hydrogens (tertiary/aromatic N) is 1. The molecule has 82 valence electrons. The third kappa shape index (κ3) is 2.78. The standard InChI is InChI=1S/C12H19N3/c13-14-12(10-15-8-4-5-9-15)11-6-2-1-3-7-11/h1-3,6-7,12,14H,4-5,8-10,13H2/t12-/m1/s1. The Labute approximate surface area is 91.2 Å². The normalized spacial score (nSPS) is 19.3. The van der Waals surface area contributed by atoms with E-state index in [1.165, 1.54) is 31.5 Å². The highest BCUT2D eigenvalue weighted by molar-refractivity contribution is 5.19. The number of hydrazine groups is 1. The molecule has 0 aromatic heterocycles. The highest BCUT2D eigenvalue weighted by Gasteiger charge is 2.17. The van der Waals surface area contributed by atoms with E-state index < -0.39 is 0 Å². The molecular weight excluding hydrogens is 186 g/mol. The van der Waals surface area contributed by atoms with Gasteiger partial charge >= 0.3 is 0 Å². The molecule has 1 saturated heterocycles. The van der Waals surface area contributed by atoms with E-state index in [0.29, 0.717) is 0 Å². The van der Waals surface area contributed by atoms with Crippen molar-refractivity contribution in [3.8, 4) is 0 Å². The Morgan fingerprint density at radius 1 is 1.20 bits per heavy atom. The van der Waals surface area contributed by atoms with Crippen molar-refractivity contribution >= 4 is 0 Å². The van der Waals surface area contributed by atoms with Gasteiger partial charge < -0.3 is 4.90 Å². The first-order valence-electron chi connectivity index (χ1n) is 5.63. The second-order valence-electron chi connectivity index (χ2n) is 4.14. The van der Waals surface area contributed by atoms with Crippen LogP contribution in [0.1, 0.15) is 24.4 Å². The van der Waals surface area contributed by atoms with Gasteiger partial charge in [-0.2, -0.15) is 0 Å². The molecule has 1 aromatic carbocycles. The van der Waals surface area contributed by atoms with Gasteiger partial charge in [0.15, 0.2) is 0 Å². The first kappa shape index (κ1) is 10.6. The van der Waals surface area contributed by atoms with Gasteiger partial charge in [0, 0.05) is 6.54 Å². The van der Waals surface area contributed by atoms with E-state index in [1.54, 1.807) is 0 Å². The summed E-state index contributed by atoms with van der Waals surface area (Å²) in [4.78, 5) is 2.47. The molecule has 0 unspecified atom stereocenters. The number of nitrogens with two attached hydrogens (primary N) is 1. The lowest BCUT2D eigenvalue weighted by atomic mass is 10.1. The van der Waals surface area contributed by atoms with Gasteiger partial charge in [0.05, 0.1) is 6.04 Å². The van der Waals surface area contributed by atoms with Crippen molar-refractivity contribution in [2.75, 3.05) is 19.6 Å². The third-order valence-corrected chi connectivity index (χ3v) is 3.04. The number of nitrogens with one attached hydrogen (secondary N) is 1. The van der Waals surface area contributed by atoms with E-state index in [0.717, 1.165) is 6.54 Å². The van der Waals surface area contributed by atoms with Crippen molar-refractivity contribution in [1.29, 1.82) is 0 Å². The summed E-state index contributed by atoms with van der Waals surface area (Å²) in [5.74, 6) is 5.61. The molecule has 1 aliphatic heterocycles. The second-order valence-corrected chi connectivity index (χ2v) is 4.14. The van der Waals surface area contributed by atoms with Crippen LogP contribution < -0.4 is 11.3 Å². The summed E-state index contributed by atoms with van der Waals surface area (Å²) < 4.78 is 0. The maximum absolute atomic E-state index is 5.61. The van der Waals surface area contributed by atoms with Crippen LogP contribution in [0, 0.1) is 0 Å². The fraction of sp³-hybridized carbons (Fsp3) is 0.500. The summed E-state index contributed by atoms with van der Waals surface area (Å²) in [5, 5.41) is 0. The highest BCUT2D eigenvalue weighted by Crippen LogP contribution is 2.16. The number of rotatable bonds is 4. The average Bonchev–Trinajstić information content (AvgIpc) is 2.80. The van der Waals surface area contributed by atoms with Crippen LogP contribution in [0.5, 0.6) is 0 Å². The minimum atomic E-state index is 0.254. The van der Waals surface area contributed by atoms with Crippen molar-refractivity contribution < 1.29 is 0 Å². The summed E-state index contributed by atoms with van der Waals surface area (Å²) in [6.45, 7) is 3.44. The van der Waals surface area contributed by atoms with Gasteiger partial charge in [-0.25, -0.2) is 0 Å². The minimum absolute atomic E-state index is 0.254. The van der Waals surface area contributed by atoms with Gasteiger partial charge in [-0.05, 0) is 31.5 Å². The summed E-state index contributed by atoms with van der Waals surface area (Å²) in [7, 11) is 0. The quantitative estimate of drug-likeness (QED) is 0.575. The molecule has 3 N–H and O–H groups in total. The van der Waals surface area contributed by atoms with Crippen molar-refractivity contribution in [2.24, 2.45) is 5.84 Å². The molecule has 0 aliphatic carbocycles. The molecular formula is C12H19N3. The molecule has 1 heterocycles. The van der Waals surface area contributed by atoms with Crippen LogP contribution in [0.15, 0.2) is 30.3 Å². The Hall–Kier alpha value is -0.900. The molecule has 0 bridgehead atoms. The molecule has 1 fully saturated rings. The predicted octanol–water partition coefficient (Wildman–Crippen LogP) is 1.29. The van der Waals surface area contributed by atoms with Crippen LogP contribution in [0.4, 0.5) is 0 Å². The van der Waals surface area contributed by atoms with Crippen LogP contribution >= 0.6 is 0 Å². The molecule has 3 nitrogen and oxygen atoms in total. The number of hydrogen-bond donors (Lipinski definition) is 2. The van der Waals surface area contributed by atoms with E-state index in [2.05, 4.69) is 34.6 Å². The molecule has 1 atom stereocenters. The summed E-state index contributed by atoms with van der Waals surface area (Å²) >= 11 is 0. The van der Waals surface area contributed by atoms with E-state index >= 15 is 0 Å². The summed E-state index contributed by atoms with van der Waals surface area (Å²) in [6.07, 6.45) is 2.65. The lowest BCUT2D eigenvalue weighted by Crippen LogP contribution is -2.37. The zero-order valence-electron chi connectivity index (χ0n) is 9.02. The van der Waals surface area contributed by atoms with Gasteiger partial charge in [0.25, 0.3) is 0 Å². The van der Waals surface area contributed by atoms with Crippen molar-refractivity contribution in [1.82, 2.24) is 10.3 Å². The van der Waals surface area contributed by atoms with Crippen LogP contribution in [0.25, 0.3) is 0 Å². The molecule has 0 radical (unpaired) electrons. The monoisotopic (exact) mass is 205 g/mol. The highest BCUT2D eigenvalue weighted by atomic mass is 15.3. The van der Waals surface area contributed by atoms with Gasteiger partial charge in [-0.1, -0.05) is 30.3 Å². The predicted molar refractivity (Wildman–Crippen MR) is 62.2 cm³/mol. The molecule has 3 heteroatoms. The minimum Gasteiger partial charge on any atom is -0.301 e. The average molecular weight is 205 g/mol. The van der Waals surface area contributed by atoms with Gasteiger partial charge in [-0.3, -0.25) is 11.3 Å². The van der Waals surface area contributed by atoms with Gasteiger partial charge in [-0.15, -0.1) is 0 Å². The molecule has 1 aromatic rings. The Balaban J connectivity index is 1.97. The molecule has 1 aliphatic rings. The van der Waals surface area contributed by atoms with E-state index in [-0.39, 0.29) is 6.04 Å². The topological polar surface area (TPSA) is 41.3 Å². The Kier molecular flexibility index (Phi) is 3.72. The molecule has 0 spiro atoms. The lowest BCUT2D eigenvalue weighted by molar-refractivity contribution is 0.294. The Morgan fingerprint density at radius 3 is 2.47 bits per heavy atom. The van der Waals surface area contributed by atoms with Crippen LogP contribution in [0.3, 0.4) is 0 Å². The number of hydrogen-bond acceptors (Lipinski definition) is 3. The SMILES string of the molecule is NN[C@H](CN1CCCC1)c1ccccc1. The van der Waals surface area contributed by atoms with E-state index in [4.69, 9.17) is 5.84 Å². The molecule has 15 heavy (non-hydrogen) atoms. The largest absolute Gasteiger partial charge is 0.301 e. The fourth-order valence-corrected chi connectivity index (χ4v) is 2.16. The summed E-state index contributed by atoms with van der Waals surface area (Å²) in [5.41, 5.74) is 4.17. The summed E-state index contributed by atoms with van der Waals surface area (Å²) in [6, 6.07) is 10.7. The molecule has 0 saturated carbocycles. The Bertz CT molecular complexity index is 280. The second kappa shape index (κ2) is 5.26. The van der Waals surface area contributed by atoms with Crippen molar-refractivity contribution in [3.05, 3.63) is 35.9 Å². The first-order valence-corrected chi connectivity index (χ1v) is 5.63. The smallest absolute Gasteiger partial charge is 0.0587 e. The van der Waals surface area contributed by atoms with E-state index in [9.17, 15) is 0 Å². The molecule has 2 rings (SSSR count). The van der Waals surface area contributed by atoms with E-state index in [1.807, 2.05) is 6.07 Å². The number of likely N-dealkylation sites (tertiary alicyclic amines) is 1. The molecule has 0 amide bonds. The number of benzene rings is 1. The fourth-order valence-electron chi connectivity index (χ4n) is 2.16. The first-order chi connectivity index (χ1) is 7.40. The maximum atomic E-state index is 5.61. The van der Waals surface area contributed by atoms with Crippen LogP contribution in [-0.2, 0) is 0 Å². The van der Waals surface area contributed by atoms with Crippen LogP contribution in [-0.4, -0.2) is 24.5 Å². The van der Waals surface area contributed by atoms with Crippen molar-refractivity contribution in [3.63, 3.8) is 0 Å². The zero-order valence-corrected chi connectivity index (χ0v) is 9.02. The third-order valence-electron chi connectivity index (χ3n) is 3.04. The maximum Gasteiger partial charge on any atom is 0.0587 e. The van der Waals surface area contributed by atoms with Crippen LogP contribution in [0.2, 0.25) is 0 Å². The van der Waals surface area contributed by atoms with Gasteiger partial charge in [0.1, 0.15) is 0 Å². The lowest BCUT2D eigenvalue weighted by Gasteiger charge is -2.23.